The minimum absolute atomic E-state index is 0.0793. The number of nitrogens with zero attached hydrogens (tertiary/aromatic N) is 1. The van der Waals surface area contributed by atoms with E-state index in [1.165, 1.54) is 32.4 Å². The second-order valence-electron chi connectivity index (χ2n) is 8.55. The summed E-state index contributed by atoms with van der Waals surface area (Å²) in [5, 5.41) is 2.71. The molecule has 36 heavy (non-hydrogen) atoms. The number of carbonyl (C=O) groups is 4. The molecular weight excluding hydrogens is 468 g/mol. The predicted octanol–water partition coefficient (Wildman–Crippen LogP) is 2.46. The molecule has 2 aromatic carbocycles. The molecule has 2 aliphatic rings. The molecule has 2 heterocycles. The normalized spacial score (nSPS) is 18.8. The van der Waals surface area contributed by atoms with E-state index >= 15 is 0 Å². The van der Waals surface area contributed by atoms with Crippen molar-refractivity contribution in [1.29, 1.82) is 0 Å². The molecule has 10 heteroatoms. The Bertz CT molecular complexity index is 1150. The summed E-state index contributed by atoms with van der Waals surface area (Å²) in [5.41, 5.74) is 0.999. The Morgan fingerprint density at radius 1 is 1.03 bits per heavy atom. The summed E-state index contributed by atoms with van der Waals surface area (Å²) >= 11 is 0. The van der Waals surface area contributed by atoms with E-state index in [0.29, 0.717) is 35.9 Å². The quantitative estimate of drug-likeness (QED) is 0.415. The SMILES string of the molecule is COc1ccc(C(=O)COC(=O)c2ccc(NC(=O)CC3OCC4CCCN4C3=O)cc2)cc1OC. The molecule has 2 unspecified atom stereocenters. The van der Waals surface area contributed by atoms with E-state index in [1.54, 1.807) is 29.2 Å². The highest BCUT2D eigenvalue weighted by molar-refractivity contribution is 6.00. The highest BCUT2D eigenvalue weighted by atomic mass is 16.5. The smallest absolute Gasteiger partial charge is 0.338 e. The topological polar surface area (TPSA) is 120 Å². The van der Waals surface area contributed by atoms with Crippen LogP contribution < -0.4 is 14.8 Å². The summed E-state index contributed by atoms with van der Waals surface area (Å²) in [5.74, 6) is -0.694. The number of methoxy groups -OCH3 is 2. The third-order valence-electron chi connectivity index (χ3n) is 6.24. The largest absolute Gasteiger partial charge is 0.493 e. The zero-order chi connectivity index (χ0) is 25.7. The summed E-state index contributed by atoms with van der Waals surface area (Å²) in [7, 11) is 2.95. The maximum atomic E-state index is 12.5. The Morgan fingerprint density at radius 3 is 2.47 bits per heavy atom. The molecule has 0 saturated carbocycles. The van der Waals surface area contributed by atoms with E-state index in [-0.39, 0.29) is 29.8 Å². The van der Waals surface area contributed by atoms with E-state index in [4.69, 9.17) is 18.9 Å². The van der Waals surface area contributed by atoms with Crippen molar-refractivity contribution in [2.75, 3.05) is 39.3 Å². The van der Waals surface area contributed by atoms with Gasteiger partial charge in [0.1, 0.15) is 6.10 Å². The van der Waals surface area contributed by atoms with Gasteiger partial charge >= 0.3 is 5.97 Å². The Hall–Kier alpha value is -3.92. The molecule has 2 saturated heterocycles. The van der Waals surface area contributed by atoms with Crippen LogP contribution in [0, 0.1) is 0 Å². The minimum Gasteiger partial charge on any atom is -0.493 e. The molecule has 4 rings (SSSR count). The number of fused-ring (bicyclic) bond motifs is 1. The van der Waals surface area contributed by atoms with Gasteiger partial charge < -0.3 is 29.2 Å². The van der Waals surface area contributed by atoms with Crippen LogP contribution >= 0.6 is 0 Å². The van der Waals surface area contributed by atoms with Crippen molar-refractivity contribution in [3.05, 3.63) is 53.6 Å². The summed E-state index contributed by atoms with van der Waals surface area (Å²) in [6, 6.07) is 10.9. The van der Waals surface area contributed by atoms with E-state index in [0.717, 1.165) is 12.8 Å². The van der Waals surface area contributed by atoms with Crippen molar-refractivity contribution in [3.63, 3.8) is 0 Å². The molecule has 0 spiro atoms. The summed E-state index contributed by atoms with van der Waals surface area (Å²) in [4.78, 5) is 51.5. The lowest BCUT2D eigenvalue weighted by atomic mass is 10.1. The first kappa shape index (κ1) is 25.2. The molecule has 0 aliphatic carbocycles. The number of hydrogen-bond acceptors (Lipinski definition) is 8. The van der Waals surface area contributed by atoms with Gasteiger partial charge in [0, 0.05) is 17.8 Å². The lowest BCUT2D eigenvalue weighted by Crippen LogP contribution is -2.51. The van der Waals surface area contributed by atoms with Gasteiger partial charge in [-0.2, -0.15) is 0 Å². The maximum absolute atomic E-state index is 12.5. The fraction of sp³-hybridized carbons (Fsp3) is 0.385. The van der Waals surface area contributed by atoms with Gasteiger partial charge in [-0.3, -0.25) is 14.4 Å². The van der Waals surface area contributed by atoms with Gasteiger partial charge in [-0.1, -0.05) is 0 Å². The molecule has 2 aliphatic heterocycles. The molecule has 190 valence electrons. The van der Waals surface area contributed by atoms with Gasteiger partial charge in [0.25, 0.3) is 5.91 Å². The van der Waals surface area contributed by atoms with Crippen LogP contribution in [0.1, 0.15) is 40.0 Å². The Labute approximate surface area is 208 Å². The summed E-state index contributed by atoms with van der Waals surface area (Å²) < 4.78 is 21.1. The summed E-state index contributed by atoms with van der Waals surface area (Å²) in [6.45, 7) is 0.720. The van der Waals surface area contributed by atoms with Crippen molar-refractivity contribution >= 4 is 29.3 Å². The number of amides is 2. The second-order valence-corrected chi connectivity index (χ2v) is 8.55. The van der Waals surface area contributed by atoms with Crippen molar-refractivity contribution in [3.8, 4) is 11.5 Å². The third-order valence-corrected chi connectivity index (χ3v) is 6.24. The number of ketones is 1. The number of rotatable bonds is 9. The monoisotopic (exact) mass is 496 g/mol. The first-order chi connectivity index (χ1) is 17.4. The van der Waals surface area contributed by atoms with Crippen molar-refractivity contribution < 1.29 is 38.1 Å². The van der Waals surface area contributed by atoms with Gasteiger partial charge in [0.05, 0.1) is 38.9 Å². The number of hydrogen-bond donors (Lipinski definition) is 1. The molecule has 2 aromatic rings. The molecule has 2 atom stereocenters. The lowest BCUT2D eigenvalue weighted by molar-refractivity contribution is -0.158. The number of morpholine rings is 1. The van der Waals surface area contributed by atoms with Crippen LogP contribution in [0.5, 0.6) is 11.5 Å². The van der Waals surface area contributed by atoms with Crippen molar-refractivity contribution in [1.82, 2.24) is 4.90 Å². The first-order valence-electron chi connectivity index (χ1n) is 11.6. The van der Waals surface area contributed by atoms with Crippen LogP contribution in [0.15, 0.2) is 42.5 Å². The van der Waals surface area contributed by atoms with Crippen LogP contribution in [-0.2, 0) is 19.1 Å². The zero-order valence-corrected chi connectivity index (χ0v) is 20.2. The van der Waals surface area contributed by atoms with Crippen molar-refractivity contribution in [2.45, 2.75) is 31.4 Å². The molecule has 0 radical (unpaired) electrons. The fourth-order valence-corrected chi connectivity index (χ4v) is 4.31. The molecule has 2 amide bonds. The average Bonchev–Trinajstić information content (AvgIpc) is 3.38. The van der Waals surface area contributed by atoms with E-state index in [2.05, 4.69) is 5.32 Å². The highest BCUT2D eigenvalue weighted by Gasteiger charge is 2.39. The average molecular weight is 497 g/mol. The van der Waals surface area contributed by atoms with E-state index in [1.807, 2.05) is 0 Å². The second kappa shape index (κ2) is 11.2. The summed E-state index contributed by atoms with van der Waals surface area (Å²) in [6.07, 6.45) is 1.03. The molecular formula is C26H28N2O8. The number of nitrogens with one attached hydrogen (secondary N) is 1. The fourth-order valence-electron chi connectivity index (χ4n) is 4.31. The maximum Gasteiger partial charge on any atom is 0.338 e. The van der Waals surface area contributed by atoms with Crippen LogP contribution in [0.4, 0.5) is 5.69 Å². The van der Waals surface area contributed by atoms with Crippen molar-refractivity contribution in [2.24, 2.45) is 0 Å². The number of carbonyl (C=O) groups excluding carboxylic acids is 4. The number of benzene rings is 2. The van der Waals surface area contributed by atoms with Gasteiger partial charge in [0.15, 0.2) is 23.9 Å². The van der Waals surface area contributed by atoms with Crippen LogP contribution in [0.3, 0.4) is 0 Å². The van der Waals surface area contributed by atoms with Gasteiger partial charge in [-0.15, -0.1) is 0 Å². The Balaban J connectivity index is 1.26. The molecule has 0 aromatic heterocycles. The lowest BCUT2D eigenvalue weighted by Gasteiger charge is -2.34. The van der Waals surface area contributed by atoms with E-state index < -0.39 is 24.5 Å². The number of anilines is 1. The van der Waals surface area contributed by atoms with Crippen LogP contribution in [0.2, 0.25) is 0 Å². The Kier molecular flexibility index (Phi) is 7.84. The van der Waals surface area contributed by atoms with Gasteiger partial charge in [-0.05, 0) is 55.3 Å². The third kappa shape index (κ3) is 5.65. The molecule has 0 bridgehead atoms. The molecule has 10 nitrogen and oxygen atoms in total. The molecule has 2 fully saturated rings. The van der Waals surface area contributed by atoms with Gasteiger partial charge in [0.2, 0.25) is 5.91 Å². The standard InChI is InChI=1S/C26H28N2O8/c1-33-21-10-7-17(12-22(21)34-2)20(29)15-36-26(32)16-5-8-18(9-6-16)27-24(30)13-23-25(31)28-11-3-4-19(28)14-35-23/h5-10,12,19,23H,3-4,11,13-15H2,1-2H3,(H,27,30). The first-order valence-corrected chi connectivity index (χ1v) is 11.6. The molecule has 1 N–H and O–H groups in total. The van der Waals surface area contributed by atoms with Crippen LogP contribution in [-0.4, -0.2) is 74.6 Å². The predicted molar refractivity (Wildman–Crippen MR) is 128 cm³/mol. The van der Waals surface area contributed by atoms with Gasteiger partial charge in [-0.25, -0.2) is 4.79 Å². The number of Topliss-reactive ketones (excluding diaryl/α,β-unsaturated/α-hetero) is 1. The minimum atomic E-state index is -0.781. The number of esters is 1. The van der Waals surface area contributed by atoms with E-state index in [9.17, 15) is 19.2 Å². The highest BCUT2D eigenvalue weighted by Crippen LogP contribution is 2.28. The zero-order valence-electron chi connectivity index (χ0n) is 20.2. The Morgan fingerprint density at radius 2 is 1.75 bits per heavy atom. The number of ether oxygens (including phenoxy) is 4. The van der Waals surface area contributed by atoms with Crippen LogP contribution in [0.25, 0.3) is 0 Å².